The highest BCUT2D eigenvalue weighted by atomic mass is 79.9. The standard InChI is InChI=1S/C15H16BrClN2/c1-19(2)13-6-3-11(4-7-13)10-18-12-5-8-14(16)15(17)9-12/h3-9,18H,10H2,1-2H3. The lowest BCUT2D eigenvalue weighted by atomic mass is 10.2. The quantitative estimate of drug-likeness (QED) is 0.862. The molecule has 2 aromatic carbocycles. The van der Waals surface area contributed by atoms with Crippen LogP contribution in [0.15, 0.2) is 46.9 Å². The van der Waals surface area contributed by atoms with Gasteiger partial charge in [-0.1, -0.05) is 23.7 Å². The van der Waals surface area contributed by atoms with Crippen molar-refractivity contribution < 1.29 is 0 Å². The molecule has 0 amide bonds. The van der Waals surface area contributed by atoms with Crippen LogP contribution in [0, 0.1) is 0 Å². The SMILES string of the molecule is CN(C)c1ccc(CNc2ccc(Br)c(Cl)c2)cc1. The van der Waals surface area contributed by atoms with Crippen LogP contribution in [0.4, 0.5) is 11.4 Å². The smallest absolute Gasteiger partial charge is 0.0568 e. The van der Waals surface area contributed by atoms with E-state index < -0.39 is 0 Å². The van der Waals surface area contributed by atoms with E-state index in [1.807, 2.05) is 32.3 Å². The minimum atomic E-state index is 0.716. The molecule has 0 aromatic heterocycles. The first kappa shape index (κ1) is 14.2. The largest absolute Gasteiger partial charge is 0.381 e. The predicted molar refractivity (Wildman–Crippen MR) is 87.2 cm³/mol. The lowest BCUT2D eigenvalue weighted by Crippen LogP contribution is -2.08. The minimum Gasteiger partial charge on any atom is -0.381 e. The number of anilines is 2. The summed E-state index contributed by atoms with van der Waals surface area (Å²) in [5.74, 6) is 0. The number of benzene rings is 2. The molecule has 19 heavy (non-hydrogen) atoms. The van der Waals surface area contributed by atoms with E-state index in [2.05, 4.69) is 50.4 Å². The molecule has 4 heteroatoms. The Bertz CT molecular complexity index is 553. The summed E-state index contributed by atoms with van der Waals surface area (Å²) in [6, 6.07) is 14.4. The van der Waals surface area contributed by atoms with Gasteiger partial charge in [0.05, 0.1) is 5.02 Å². The molecular weight excluding hydrogens is 324 g/mol. The van der Waals surface area contributed by atoms with Crippen LogP contribution < -0.4 is 10.2 Å². The molecule has 0 radical (unpaired) electrons. The fraction of sp³-hybridized carbons (Fsp3) is 0.200. The van der Waals surface area contributed by atoms with Gasteiger partial charge in [0.1, 0.15) is 0 Å². The monoisotopic (exact) mass is 338 g/mol. The van der Waals surface area contributed by atoms with Crippen LogP contribution in [0.3, 0.4) is 0 Å². The predicted octanol–water partition coefficient (Wildman–Crippen LogP) is 4.78. The molecule has 0 saturated carbocycles. The van der Waals surface area contributed by atoms with Crippen LogP contribution in [-0.2, 0) is 6.54 Å². The van der Waals surface area contributed by atoms with Crippen molar-refractivity contribution in [2.24, 2.45) is 0 Å². The Hall–Kier alpha value is -1.19. The van der Waals surface area contributed by atoms with E-state index in [1.165, 1.54) is 11.3 Å². The van der Waals surface area contributed by atoms with E-state index in [4.69, 9.17) is 11.6 Å². The van der Waals surface area contributed by atoms with Crippen molar-refractivity contribution in [1.82, 2.24) is 0 Å². The second-order valence-electron chi connectivity index (χ2n) is 4.54. The normalized spacial score (nSPS) is 10.3. The first-order valence-corrected chi connectivity index (χ1v) is 7.18. The molecule has 0 bridgehead atoms. The molecule has 0 aliphatic carbocycles. The Labute approximate surface area is 127 Å². The number of rotatable bonds is 4. The summed E-state index contributed by atoms with van der Waals surface area (Å²) in [5, 5.41) is 4.07. The van der Waals surface area contributed by atoms with Crippen LogP contribution in [-0.4, -0.2) is 14.1 Å². The molecule has 2 rings (SSSR count). The number of nitrogens with zero attached hydrogens (tertiary/aromatic N) is 1. The van der Waals surface area contributed by atoms with E-state index in [-0.39, 0.29) is 0 Å². The van der Waals surface area contributed by atoms with Crippen LogP contribution in [0.2, 0.25) is 5.02 Å². The van der Waals surface area contributed by atoms with Gasteiger partial charge in [0.25, 0.3) is 0 Å². The minimum absolute atomic E-state index is 0.716. The van der Waals surface area contributed by atoms with Crippen LogP contribution in [0.5, 0.6) is 0 Å². The maximum absolute atomic E-state index is 6.06. The molecule has 2 nitrogen and oxygen atoms in total. The second-order valence-corrected chi connectivity index (χ2v) is 5.80. The molecule has 0 atom stereocenters. The molecule has 2 aromatic rings. The molecule has 0 aliphatic heterocycles. The number of nitrogens with one attached hydrogen (secondary N) is 1. The van der Waals surface area contributed by atoms with Gasteiger partial charge in [-0.3, -0.25) is 0 Å². The fourth-order valence-corrected chi connectivity index (χ4v) is 2.15. The van der Waals surface area contributed by atoms with Gasteiger partial charge >= 0.3 is 0 Å². The van der Waals surface area contributed by atoms with Crippen molar-refractivity contribution in [3.05, 3.63) is 57.5 Å². The fourth-order valence-electron chi connectivity index (χ4n) is 1.72. The Kier molecular flexibility index (Phi) is 4.72. The van der Waals surface area contributed by atoms with Gasteiger partial charge in [-0.2, -0.15) is 0 Å². The summed E-state index contributed by atoms with van der Waals surface area (Å²) < 4.78 is 0.912. The zero-order chi connectivity index (χ0) is 13.8. The van der Waals surface area contributed by atoms with Crippen LogP contribution >= 0.6 is 27.5 Å². The summed E-state index contributed by atoms with van der Waals surface area (Å²) in [6.07, 6.45) is 0. The van der Waals surface area contributed by atoms with Gasteiger partial charge in [0.2, 0.25) is 0 Å². The molecular formula is C15H16BrClN2. The third-order valence-corrected chi connectivity index (χ3v) is 4.10. The van der Waals surface area contributed by atoms with Crippen LogP contribution in [0.1, 0.15) is 5.56 Å². The van der Waals surface area contributed by atoms with Crippen molar-refractivity contribution in [2.75, 3.05) is 24.3 Å². The summed E-state index contributed by atoms with van der Waals surface area (Å²) in [4.78, 5) is 2.09. The maximum atomic E-state index is 6.06. The van der Waals surface area contributed by atoms with Crippen molar-refractivity contribution in [2.45, 2.75) is 6.54 Å². The molecule has 0 spiro atoms. The number of hydrogen-bond donors (Lipinski definition) is 1. The van der Waals surface area contributed by atoms with Crippen molar-refractivity contribution in [3.8, 4) is 0 Å². The van der Waals surface area contributed by atoms with Gasteiger partial charge < -0.3 is 10.2 Å². The van der Waals surface area contributed by atoms with Gasteiger partial charge in [-0.05, 0) is 51.8 Å². The molecule has 0 fully saturated rings. The summed E-state index contributed by atoms with van der Waals surface area (Å²) in [7, 11) is 4.08. The summed E-state index contributed by atoms with van der Waals surface area (Å²) in [6.45, 7) is 0.783. The van der Waals surface area contributed by atoms with Gasteiger partial charge in [0.15, 0.2) is 0 Å². The van der Waals surface area contributed by atoms with Crippen LogP contribution in [0.25, 0.3) is 0 Å². The average Bonchev–Trinajstić information content (AvgIpc) is 2.40. The zero-order valence-corrected chi connectivity index (χ0v) is 13.3. The Balaban J connectivity index is 2.00. The highest BCUT2D eigenvalue weighted by Crippen LogP contribution is 2.25. The molecule has 0 heterocycles. The second kappa shape index (κ2) is 6.31. The molecule has 1 N–H and O–H groups in total. The lowest BCUT2D eigenvalue weighted by Gasteiger charge is -2.13. The third kappa shape index (κ3) is 3.88. The lowest BCUT2D eigenvalue weighted by molar-refractivity contribution is 1.11. The van der Waals surface area contributed by atoms with Gasteiger partial charge in [-0.25, -0.2) is 0 Å². The van der Waals surface area contributed by atoms with E-state index in [0.717, 1.165) is 16.7 Å². The number of hydrogen-bond acceptors (Lipinski definition) is 2. The van der Waals surface area contributed by atoms with Gasteiger partial charge in [-0.15, -0.1) is 0 Å². The van der Waals surface area contributed by atoms with Crippen molar-refractivity contribution in [3.63, 3.8) is 0 Å². The Morgan fingerprint density at radius 2 is 1.79 bits per heavy atom. The van der Waals surface area contributed by atoms with E-state index in [0.29, 0.717) is 5.02 Å². The summed E-state index contributed by atoms with van der Waals surface area (Å²) in [5.41, 5.74) is 3.46. The number of halogens is 2. The highest BCUT2D eigenvalue weighted by Gasteiger charge is 2.00. The van der Waals surface area contributed by atoms with Gasteiger partial charge in [0, 0.05) is 36.5 Å². The van der Waals surface area contributed by atoms with E-state index in [1.54, 1.807) is 0 Å². The highest BCUT2D eigenvalue weighted by molar-refractivity contribution is 9.10. The first-order valence-electron chi connectivity index (χ1n) is 6.01. The van der Waals surface area contributed by atoms with Crippen molar-refractivity contribution >= 4 is 38.9 Å². The van der Waals surface area contributed by atoms with Crippen molar-refractivity contribution in [1.29, 1.82) is 0 Å². The average molecular weight is 340 g/mol. The molecule has 0 unspecified atom stereocenters. The maximum Gasteiger partial charge on any atom is 0.0568 e. The molecule has 0 saturated heterocycles. The zero-order valence-electron chi connectivity index (χ0n) is 11.0. The topological polar surface area (TPSA) is 15.3 Å². The first-order chi connectivity index (χ1) is 9.06. The van der Waals surface area contributed by atoms with E-state index in [9.17, 15) is 0 Å². The van der Waals surface area contributed by atoms with E-state index >= 15 is 0 Å². The molecule has 100 valence electrons. The summed E-state index contributed by atoms with van der Waals surface area (Å²) >= 11 is 9.44. The third-order valence-electron chi connectivity index (χ3n) is 2.87. The Morgan fingerprint density at radius 3 is 2.37 bits per heavy atom. The molecule has 0 aliphatic rings. The Morgan fingerprint density at radius 1 is 1.11 bits per heavy atom.